The van der Waals surface area contributed by atoms with E-state index in [1.807, 2.05) is 0 Å². The van der Waals surface area contributed by atoms with Gasteiger partial charge in [-0.15, -0.1) is 0 Å². The first-order valence-electron chi connectivity index (χ1n) is 2.23. The maximum Gasteiger partial charge on any atom is 1.00 e. The van der Waals surface area contributed by atoms with Gasteiger partial charge in [0.2, 0.25) is 0 Å². The number of rotatable bonds is 3. The van der Waals surface area contributed by atoms with E-state index in [1.165, 1.54) is 6.92 Å². The van der Waals surface area contributed by atoms with E-state index in [2.05, 4.69) is 0 Å². The molecule has 4 nitrogen and oxygen atoms in total. The van der Waals surface area contributed by atoms with Crippen molar-refractivity contribution in [3.05, 3.63) is 11.5 Å². The van der Waals surface area contributed by atoms with Gasteiger partial charge in [-0.3, -0.25) is 4.79 Å². The normalized spacial score (nSPS) is 11.1. The molecule has 0 bridgehead atoms. The van der Waals surface area contributed by atoms with Crippen molar-refractivity contribution in [1.82, 2.24) is 0 Å². The molecule has 0 N–H and O–H groups in total. The molecule has 0 saturated carbocycles. The van der Waals surface area contributed by atoms with E-state index in [0.717, 1.165) is 11.5 Å². The van der Waals surface area contributed by atoms with Crippen molar-refractivity contribution < 1.29 is 47.3 Å². The molecule has 0 aromatic rings. The largest absolute Gasteiger partial charge is 1.00 e. The standard InChI is InChI=1S/C4H6O4S2.Na/c1-4(5)2-3-9-10(6,7)8;/h2-3H,1H3,(H,6,7,8);/q;+1/p-1/b3-2+;. The summed E-state index contributed by atoms with van der Waals surface area (Å²) >= 11 is 0. The Morgan fingerprint density at radius 1 is 1.55 bits per heavy atom. The molecule has 0 fully saturated rings. The second-order valence-electron chi connectivity index (χ2n) is 1.42. The van der Waals surface area contributed by atoms with Gasteiger partial charge in [0.05, 0.1) is 0 Å². The van der Waals surface area contributed by atoms with Gasteiger partial charge in [-0.1, -0.05) is 0 Å². The number of carbonyl (C=O) groups excluding carboxylic acids is 1. The Morgan fingerprint density at radius 2 is 2.00 bits per heavy atom. The molecule has 0 heterocycles. The smallest absolute Gasteiger partial charge is 0.739 e. The van der Waals surface area contributed by atoms with Crippen LogP contribution in [-0.4, -0.2) is 18.8 Å². The zero-order valence-corrected chi connectivity index (χ0v) is 9.74. The van der Waals surface area contributed by atoms with Crippen molar-refractivity contribution in [3.63, 3.8) is 0 Å². The summed E-state index contributed by atoms with van der Waals surface area (Å²) in [6, 6.07) is 0. The van der Waals surface area contributed by atoms with Gasteiger partial charge >= 0.3 is 29.6 Å². The summed E-state index contributed by atoms with van der Waals surface area (Å²) in [5, 5.41) is 0.949. The molecule has 0 aromatic heterocycles. The maximum atomic E-state index is 10.1. The average Bonchev–Trinajstić information content (AvgIpc) is 1.59. The van der Waals surface area contributed by atoms with E-state index in [4.69, 9.17) is 0 Å². The molecule has 0 unspecified atom stereocenters. The summed E-state index contributed by atoms with van der Waals surface area (Å²) in [7, 11) is -4.21. The molecule has 0 saturated heterocycles. The Bertz CT molecular complexity index is 243. The van der Waals surface area contributed by atoms with Crippen molar-refractivity contribution in [3.8, 4) is 0 Å². The van der Waals surface area contributed by atoms with Crippen LogP contribution >= 0.6 is 10.8 Å². The van der Waals surface area contributed by atoms with Gasteiger partial charge in [0.25, 0.3) is 0 Å². The Hall–Kier alpha value is 0.670. The monoisotopic (exact) mass is 204 g/mol. The van der Waals surface area contributed by atoms with Gasteiger partial charge in [-0.25, -0.2) is 8.42 Å². The summed E-state index contributed by atoms with van der Waals surface area (Å²) in [5.41, 5.74) is 0. The van der Waals surface area contributed by atoms with Crippen LogP contribution in [-0.2, 0) is 13.9 Å². The van der Waals surface area contributed by atoms with Crippen molar-refractivity contribution in [1.29, 1.82) is 0 Å². The molecule has 0 aromatic carbocycles. The number of hydrogen-bond acceptors (Lipinski definition) is 5. The second-order valence-corrected chi connectivity index (χ2v) is 4.50. The van der Waals surface area contributed by atoms with Crippen LogP contribution in [0.3, 0.4) is 0 Å². The minimum absolute atomic E-state index is 0. The van der Waals surface area contributed by atoms with E-state index in [1.54, 1.807) is 0 Å². The Balaban J connectivity index is 0. The van der Waals surface area contributed by atoms with E-state index >= 15 is 0 Å². The minimum atomic E-state index is -4.29. The van der Waals surface area contributed by atoms with Crippen LogP contribution in [0, 0.1) is 0 Å². The zero-order chi connectivity index (χ0) is 8.20. The fourth-order valence-electron chi connectivity index (χ4n) is 0.192. The van der Waals surface area contributed by atoms with Crippen LogP contribution in [0.4, 0.5) is 0 Å². The van der Waals surface area contributed by atoms with Crippen LogP contribution in [0.15, 0.2) is 11.5 Å². The molecule has 0 atom stereocenters. The molecule has 7 heteroatoms. The van der Waals surface area contributed by atoms with Crippen molar-refractivity contribution in [2.24, 2.45) is 0 Å². The van der Waals surface area contributed by atoms with E-state index < -0.39 is 9.15 Å². The summed E-state index contributed by atoms with van der Waals surface area (Å²) in [4.78, 5) is 10.1. The van der Waals surface area contributed by atoms with Crippen molar-refractivity contribution in [2.45, 2.75) is 6.92 Å². The SMILES string of the molecule is CC(=O)/C=C/SS(=O)(=O)[O-].[Na+]. The summed E-state index contributed by atoms with van der Waals surface area (Å²) in [6.07, 6.45) is 1.01. The Morgan fingerprint density at radius 3 is 2.27 bits per heavy atom. The predicted molar refractivity (Wildman–Crippen MR) is 37.1 cm³/mol. The molecular weight excluding hydrogens is 199 g/mol. The molecule has 11 heavy (non-hydrogen) atoms. The zero-order valence-electron chi connectivity index (χ0n) is 6.10. The Labute approximate surface area is 90.9 Å². The van der Waals surface area contributed by atoms with Gasteiger partial charge in [0.15, 0.2) is 14.9 Å². The quantitative estimate of drug-likeness (QED) is 0.216. The van der Waals surface area contributed by atoms with Crippen LogP contribution in [0.25, 0.3) is 0 Å². The van der Waals surface area contributed by atoms with Crippen LogP contribution < -0.4 is 29.6 Å². The number of ketones is 1. The molecule has 0 aliphatic rings. The Kier molecular flexibility index (Phi) is 8.03. The third kappa shape index (κ3) is 13.6. The molecule has 58 valence electrons. The van der Waals surface area contributed by atoms with Crippen molar-refractivity contribution >= 4 is 25.7 Å². The van der Waals surface area contributed by atoms with E-state index in [0.29, 0.717) is 0 Å². The van der Waals surface area contributed by atoms with Gasteiger partial charge < -0.3 is 4.55 Å². The molecule has 0 rings (SSSR count). The van der Waals surface area contributed by atoms with Gasteiger partial charge in [-0.05, 0) is 29.2 Å². The van der Waals surface area contributed by atoms with E-state index in [9.17, 15) is 17.8 Å². The third-order valence-electron chi connectivity index (χ3n) is 0.476. The van der Waals surface area contributed by atoms with E-state index in [-0.39, 0.29) is 46.1 Å². The summed E-state index contributed by atoms with van der Waals surface area (Å²) in [5.74, 6) is -0.295. The van der Waals surface area contributed by atoms with Crippen LogP contribution in [0.2, 0.25) is 0 Å². The molecule has 0 spiro atoms. The topological polar surface area (TPSA) is 74.3 Å². The fraction of sp³-hybridized carbons (Fsp3) is 0.250. The molecule has 0 aliphatic carbocycles. The van der Waals surface area contributed by atoms with Crippen molar-refractivity contribution in [2.75, 3.05) is 0 Å². The second kappa shape index (κ2) is 6.22. The van der Waals surface area contributed by atoms with Crippen LogP contribution in [0.1, 0.15) is 6.92 Å². The summed E-state index contributed by atoms with van der Waals surface area (Å²) in [6.45, 7) is 1.26. The molecule has 0 radical (unpaired) electrons. The first kappa shape index (κ1) is 14.2. The summed E-state index contributed by atoms with van der Waals surface area (Å²) < 4.78 is 29.6. The fourth-order valence-corrected chi connectivity index (χ4v) is 1.15. The molecule has 0 aliphatic heterocycles. The van der Waals surface area contributed by atoms with Gasteiger partial charge in [-0.2, -0.15) is 0 Å². The molecular formula is C4H5NaO4S2. The minimum Gasteiger partial charge on any atom is -0.739 e. The number of carbonyl (C=O) groups is 1. The third-order valence-corrected chi connectivity index (χ3v) is 2.00. The van der Waals surface area contributed by atoms with Gasteiger partial charge in [0.1, 0.15) is 0 Å². The average molecular weight is 204 g/mol. The number of allylic oxidation sites excluding steroid dienone is 1. The number of hydrogen-bond donors (Lipinski definition) is 0. The van der Waals surface area contributed by atoms with Gasteiger partial charge in [0, 0.05) is 0 Å². The first-order chi connectivity index (χ1) is 4.42. The van der Waals surface area contributed by atoms with Crippen LogP contribution in [0.5, 0.6) is 0 Å². The predicted octanol–water partition coefficient (Wildman–Crippen LogP) is -2.71. The first-order valence-corrected chi connectivity index (χ1v) is 5.03. The maximum absolute atomic E-state index is 10.1. The molecule has 0 amide bonds.